The quantitative estimate of drug-likeness (QED) is 0.810. The maximum atomic E-state index is 11.9. The number of nitrogens with zero attached hydrogens (tertiary/aromatic N) is 1. The fourth-order valence-electron chi connectivity index (χ4n) is 2.56. The van der Waals surface area contributed by atoms with E-state index in [0.29, 0.717) is 6.42 Å². The second kappa shape index (κ2) is 6.82. The van der Waals surface area contributed by atoms with Gasteiger partial charge in [0.05, 0.1) is 10.9 Å². The van der Waals surface area contributed by atoms with Gasteiger partial charge in [-0.1, -0.05) is 6.07 Å². The van der Waals surface area contributed by atoms with Gasteiger partial charge in [0.1, 0.15) is 0 Å². The number of amides is 1. The third-order valence-electron chi connectivity index (χ3n) is 3.56. The molecular weight excluding hydrogens is 260 g/mol. The highest BCUT2D eigenvalue weighted by Crippen LogP contribution is 2.19. The van der Waals surface area contributed by atoms with Crippen molar-refractivity contribution >= 4 is 23.0 Å². The third-order valence-corrected chi connectivity index (χ3v) is 4.47. The van der Waals surface area contributed by atoms with Crippen molar-refractivity contribution < 1.29 is 9.59 Å². The van der Waals surface area contributed by atoms with Crippen LogP contribution in [-0.2, 0) is 4.79 Å². The SMILES string of the molecule is CNC(=O)C1CCCN1CCCC(=O)c1cccs1. The number of thiophene rings is 1. The van der Waals surface area contributed by atoms with Gasteiger partial charge in [-0.15, -0.1) is 11.3 Å². The van der Waals surface area contributed by atoms with Gasteiger partial charge in [-0.3, -0.25) is 14.5 Å². The Hall–Kier alpha value is -1.20. The van der Waals surface area contributed by atoms with Crippen molar-refractivity contribution in [2.24, 2.45) is 0 Å². The Labute approximate surface area is 117 Å². The summed E-state index contributed by atoms with van der Waals surface area (Å²) in [6.07, 6.45) is 3.39. The molecule has 0 radical (unpaired) electrons. The zero-order valence-corrected chi connectivity index (χ0v) is 12.0. The van der Waals surface area contributed by atoms with Crippen molar-refractivity contribution in [3.05, 3.63) is 22.4 Å². The summed E-state index contributed by atoms with van der Waals surface area (Å²) in [6.45, 7) is 1.79. The lowest BCUT2D eigenvalue weighted by Gasteiger charge is -2.22. The van der Waals surface area contributed by atoms with Gasteiger partial charge in [0.25, 0.3) is 0 Å². The summed E-state index contributed by atoms with van der Waals surface area (Å²) in [6, 6.07) is 3.78. The minimum Gasteiger partial charge on any atom is -0.358 e. The Morgan fingerprint density at radius 3 is 3.05 bits per heavy atom. The van der Waals surface area contributed by atoms with Gasteiger partial charge in [-0.2, -0.15) is 0 Å². The van der Waals surface area contributed by atoms with Crippen molar-refractivity contribution in [3.63, 3.8) is 0 Å². The lowest BCUT2D eigenvalue weighted by molar-refractivity contribution is -0.124. The van der Waals surface area contributed by atoms with Crippen molar-refractivity contribution in [1.29, 1.82) is 0 Å². The molecule has 19 heavy (non-hydrogen) atoms. The van der Waals surface area contributed by atoms with E-state index in [0.717, 1.165) is 37.2 Å². The lowest BCUT2D eigenvalue weighted by Crippen LogP contribution is -2.42. The van der Waals surface area contributed by atoms with Crippen LogP contribution in [0.3, 0.4) is 0 Å². The van der Waals surface area contributed by atoms with Gasteiger partial charge in [0.2, 0.25) is 5.91 Å². The van der Waals surface area contributed by atoms with Crippen LogP contribution in [0.1, 0.15) is 35.4 Å². The second-order valence-electron chi connectivity index (χ2n) is 4.81. The molecule has 2 rings (SSSR count). The molecule has 1 unspecified atom stereocenters. The van der Waals surface area contributed by atoms with E-state index in [9.17, 15) is 9.59 Å². The van der Waals surface area contributed by atoms with E-state index in [-0.39, 0.29) is 17.7 Å². The number of rotatable bonds is 6. The molecule has 0 aliphatic carbocycles. The third kappa shape index (κ3) is 3.64. The summed E-state index contributed by atoms with van der Waals surface area (Å²) in [4.78, 5) is 26.6. The molecule has 1 saturated heterocycles. The molecule has 0 aromatic carbocycles. The fourth-order valence-corrected chi connectivity index (χ4v) is 3.25. The van der Waals surface area contributed by atoms with E-state index >= 15 is 0 Å². The molecule has 0 spiro atoms. The molecule has 1 atom stereocenters. The van der Waals surface area contributed by atoms with E-state index in [1.165, 1.54) is 11.3 Å². The Morgan fingerprint density at radius 1 is 1.53 bits per heavy atom. The second-order valence-corrected chi connectivity index (χ2v) is 5.76. The van der Waals surface area contributed by atoms with E-state index < -0.39 is 0 Å². The molecule has 0 bridgehead atoms. The number of likely N-dealkylation sites (tertiary alicyclic amines) is 1. The maximum Gasteiger partial charge on any atom is 0.237 e. The molecule has 0 saturated carbocycles. The number of carbonyl (C=O) groups excluding carboxylic acids is 2. The highest BCUT2D eigenvalue weighted by atomic mass is 32.1. The Morgan fingerprint density at radius 2 is 2.37 bits per heavy atom. The molecule has 1 aliphatic heterocycles. The fraction of sp³-hybridized carbons (Fsp3) is 0.571. The first-order valence-electron chi connectivity index (χ1n) is 6.74. The molecule has 2 heterocycles. The molecule has 1 aromatic rings. The van der Waals surface area contributed by atoms with Crippen LogP contribution in [0.15, 0.2) is 17.5 Å². The summed E-state index contributed by atoms with van der Waals surface area (Å²) >= 11 is 1.50. The molecule has 1 aliphatic rings. The van der Waals surface area contributed by atoms with Gasteiger partial charge < -0.3 is 5.32 Å². The van der Waals surface area contributed by atoms with Gasteiger partial charge in [0.15, 0.2) is 5.78 Å². The number of hydrogen-bond acceptors (Lipinski definition) is 4. The standard InChI is InChI=1S/C14H20N2O2S/c1-15-14(18)11-5-2-8-16(11)9-3-6-12(17)13-7-4-10-19-13/h4,7,10-11H,2-3,5-6,8-9H2,1H3,(H,15,18). The zero-order chi connectivity index (χ0) is 13.7. The summed E-state index contributed by atoms with van der Waals surface area (Å²) < 4.78 is 0. The van der Waals surface area contributed by atoms with Crippen molar-refractivity contribution in [3.8, 4) is 0 Å². The van der Waals surface area contributed by atoms with Crippen LogP contribution < -0.4 is 5.32 Å². The number of ketones is 1. The number of likely N-dealkylation sites (N-methyl/N-ethyl adjacent to an activating group) is 1. The zero-order valence-electron chi connectivity index (χ0n) is 11.2. The molecule has 1 aromatic heterocycles. The van der Waals surface area contributed by atoms with Crippen LogP contribution >= 0.6 is 11.3 Å². The number of hydrogen-bond donors (Lipinski definition) is 1. The van der Waals surface area contributed by atoms with Gasteiger partial charge >= 0.3 is 0 Å². The van der Waals surface area contributed by atoms with Crippen LogP contribution in [0.25, 0.3) is 0 Å². The van der Waals surface area contributed by atoms with Crippen molar-refractivity contribution in [2.45, 2.75) is 31.7 Å². The number of carbonyl (C=O) groups is 2. The summed E-state index contributed by atoms with van der Waals surface area (Å²) in [5.41, 5.74) is 0. The molecular formula is C14H20N2O2S. The summed E-state index contributed by atoms with van der Waals surface area (Å²) in [5.74, 6) is 0.313. The van der Waals surface area contributed by atoms with Crippen LogP contribution in [0, 0.1) is 0 Å². The Kier molecular flexibility index (Phi) is 5.10. The average molecular weight is 280 g/mol. The first-order valence-corrected chi connectivity index (χ1v) is 7.62. The first kappa shape index (κ1) is 14.2. The monoisotopic (exact) mass is 280 g/mol. The minimum absolute atomic E-state index is 0.00170. The highest BCUT2D eigenvalue weighted by Gasteiger charge is 2.29. The number of nitrogens with one attached hydrogen (secondary N) is 1. The van der Waals surface area contributed by atoms with Crippen LogP contribution in [0.4, 0.5) is 0 Å². The van der Waals surface area contributed by atoms with Gasteiger partial charge in [0, 0.05) is 13.5 Å². The Bertz CT molecular complexity index is 431. The minimum atomic E-state index is 0.00170. The highest BCUT2D eigenvalue weighted by molar-refractivity contribution is 7.12. The Balaban J connectivity index is 1.76. The molecule has 1 fully saturated rings. The molecule has 1 amide bonds. The number of Topliss-reactive ketones (excluding diaryl/α,β-unsaturated/α-hetero) is 1. The van der Waals surface area contributed by atoms with E-state index in [4.69, 9.17) is 0 Å². The summed E-state index contributed by atoms with van der Waals surface area (Å²) in [7, 11) is 1.68. The van der Waals surface area contributed by atoms with Gasteiger partial charge in [-0.05, 0) is 43.8 Å². The largest absolute Gasteiger partial charge is 0.358 e. The van der Waals surface area contributed by atoms with Crippen LogP contribution in [-0.4, -0.2) is 42.8 Å². The predicted molar refractivity (Wildman–Crippen MR) is 76.5 cm³/mol. The molecule has 4 nitrogen and oxygen atoms in total. The first-order chi connectivity index (χ1) is 9.22. The maximum absolute atomic E-state index is 11.9. The smallest absolute Gasteiger partial charge is 0.237 e. The normalized spacial score (nSPS) is 19.5. The van der Waals surface area contributed by atoms with E-state index in [2.05, 4.69) is 10.2 Å². The predicted octanol–water partition coefficient (Wildman–Crippen LogP) is 1.92. The topological polar surface area (TPSA) is 49.4 Å². The van der Waals surface area contributed by atoms with E-state index in [1.807, 2.05) is 17.5 Å². The molecule has 104 valence electrons. The van der Waals surface area contributed by atoms with E-state index in [1.54, 1.807) is 7.05 Å². The van der Waals surface area contributed by atoms with Crippen LogP contribution in [0.5, 0.6) is 0 Å². The molecule has 1 N–H and O–H groups in total. The lowest BCUT2D eigenvalue weighted by atomic mass is 10.1. The molecule has 5 heteroatoms. The summed E-state index contributed by atoms with van der Waals surface area (Å²) in [5, 5.41) is 4.64. The van der Waals surface area contributed by atoms with Gasteiger partial charge in [-0.25, -0.2) is 0 Å². The van der Waals surface area contributed by atoms with Crippen molar-refractivity contribution in [2.75, 3.05) is 20.1 Å². The van der Waals surface area contributed by atoms with Crippen LogP contribution in [0.2, 0.25) is 0 Å². The van der Waals surface area contributed by atoms with Crippen molar-refractivity contribution in [1.82, 2.24) is 10.2 Å². The average Bonchev–Trinajstić information content (AvgIpc) is 3.08.